The molecule has 6 nitrogen and oxygen atoms in total. The van der Waals surface area contributed by atoms with Crippen LogP contribution in [0.5, 0.6) is 0 Å². The molecule has 0 saturated heterocycles. The Morgan fingerprint density at radius 3 is 1.92 bits per heavy atom. The molecule has 0 heterocycles. The van der Waals surface area contributed by atoms with E-state index >= 15 is 0 Å². The lowest BCUT2D eigenvalue weighted by Gasteiger charge is -2.14. The van der Waals surface area contributed by atoms with E-state index in [9.17, 15) is 14.4 Å². The van der Waals surface area contributed by atoms with Crippen LogP contribution in [-0.4, -0.2) is 24.4 Å². The lowest BCUT2D eigenvalue weighted by atomic mass is 9.96. The Morgan fingerprint density at radius 1 is 0.718 bits per heavy atom. The van der Waals surface area contributed by atoms with E-state index in [-0.39, 0.29) is 12.3 Å². The number of amides is 2. The van der Waals surface area contributed by atoms with Crippen molar-refractivity contribution in [2.45, 2.75) is 6.92 Å². The van der Waals surface area contributed by atoms with E-state index in [1.165, 1.54) is 0 Å². The van der Waals surface area contributed by atoms with E-state index in [4.69, 9.17) is 4.74 Å². The molecule has 0 radical (unpaired) electrons. The fourth-order valence-corrected chi connectivity index (χ4v) is 4.39. The molecule has 0 aromatic heterocycles. The standard InChI is InChI=1S/C33H26N2O4/c1-2-39-33(38)23-16-18-26(19-17-23)34-32(37)30(35-31(36)22-10-4-3-5-11-22)21-29-27-14-8-6-12-24(27)20-25-13-7-9-15-28(25)29/h3-21H,2H2,1H3,(H,34,37)(H,35,36)/b30-21+. The summed E-state index contributed by atoms with van der Waals surface area (Å²) in [5.41, 5.74) is 2.18. The van der Waals surface area contributed by atoms with Gasteiger partial charge in [0, 0.05) is 11.3 Å². The highest BCUT2D eigenvalue weighted by molar-refractivity contribution is 6.14. The van der Waals surface area contributed by atoms with Gasteiger partial charge < -0.3 is 15.4 Å². The van der Waals surface area contributed by atoms with Gasteiger partial charge in [-0.2, -0.15) is 0 Å². The zero-order valence-electron chi connectivity index (χ0n) is 21.3. The van der Waals surface area contributed by atoms with Crippen LogP contribution in [0.3, 0.4) is 0 Å². The molecule has 0 atom stereocenters. The fraction of sp³-hybridized carbons (Fsp3) is 0.0606. The second kappa shape index (κ2) is 11.4. The molecule has 0 aliphatic heterocycles. The molecule has 39 heavy (non-hydrogen) atoms. The minimum Gasteiger partial charge on any atom is -0.462 e. The van der Waals surface area contributed by atoms with Crippen LogP contribution in [0.15, 0.2) is 115 Å². The Kier molecular flexibility index (Phi) is 7.46. The zero-order chi connectivity index (χ0) is 27.2. The van der Waals surface area contributed by atoms with Crippen molar-refractivity contribution in [3.8, 4) is 0 Å². The van der Waals surface area contributed by atoms with Gasteiger partial charge in [-0.15, -0.1) is 0 Å². The van der Waals surface area contributed by atoms with Gasteiger partial charge in [-0.1, -0.05) is 66.7 Å². The third-order valence-electron chi connectivity index (χ3n) is 6.28. The van der Waals surface area contributed by atoms with E-state index < -0.39 is 17.8 Å². The number of esters is 1. The molecule has 2 N–H and O–H groups in total. The summed E-state index contributed by atoms with van der Waals surface area (Å²) in [6.07, 6.45) is 1.72. The largest absolute Gasteiger partial charge is 0.462 e. The van der Waals surface area contributed by atoms with Crippen LogP contribution in [-0.2, 0) is 9.53 Å². The molecule has 0 aliphatic rings. The third kappa shape index (κ3) is 5.70. The number of carbonyl (C=O) groups is 3. The van der Waals surface area contributed by atoms with E-state index in [1.807, 2.05) is 54.6 Å². The van der Waals surface area contributed by atoms with Crippen molar-refractivity contribution in [3.05, 3.63) is 132 Å². The zero-order valence-corrected chi connectivity index (χ0v) is 21.3. The van der Waals surface area contributed by atoms with Crippen LogP contribution in [0.1, 0.15) is 33.2 Å². The van der Waals surface area contributed by atoms with Gasteiger partial charge in [0.05, 0.1) is 12.2 Å². The molecule has 0 saturated carbocycles. The van der Waals surface area contributed by atoms with Crippen molar-refractivity contribution in [1.82, 2.24) is 5.32 Å². The van der Waals surface area contributed by atoms with E-state index in [1.54, 1.807) is 61.5 Å². The van der Waals surface area contributed by atoms with Crippen molar-refractivity contribution < 1.29 is 19.1 Å². The lowest BCUT2D eigenvalue weighted by molar-refractivity contribution is -0.113. The number of benzene rings is 5. The number of rotatable bonds is 7. The van der Waals surface area contributed by atoms with Gasteiger partial charge in [-0.25, -0.2) is 4.79 Å². The highest BCUT2D eigenvalue weighted by Crippen LogP contribution is 2.30. The molecule has 5 aromatic rings. The molecule has 0 fully saturated rings. The summed E-state index contributed by atoms with van der Waals surface area (Å²) >= 11 is 0. The summed E-state index contributed by atoms with van der Waals surface area (Å²) in [5, 5.41) is 9.60. The molecule has 0 spiro atoms. The van der Waals surface area contributed by atoms with Crippen LogP contribution in [0.25, 0.3) is 27.6 Å². The second-order valence-electron chi connectivity index (χ2n) is 8.86. The maximum atomic E-state index is 13.6. The average Bonchev–Trinajstić information content (AvgIpc) is 2.97. The predicted molar refractivity (Wildman–Crippen MR) is 154 cm³/mol. The van der Waals surface area contributed by atoms with Gasteiger partial charge in [0.25, 0.3) is 11.8 Å². The van der Waals surface area contributed by atoms with Crippen LogP contribution < -0.4 is 10.6 Å². The van der Waals surface area contributed by atoms with Crippen molar-refractivity contribution in [1.29, 1.82) is 0 Å². The van der Waals surface area contributed by atoms with Crippen molar-refractivity contribution in [2.75, 3.05) is 11.9 Å². The Balaban J connectivity index is 1.56. The highest BCUT2D eigenvalue weighted by Gasteiger charge is 2.17. The molecule has 5 aromatic carbocycles. The summed E-state index contributed by atoms with van der Waals surface area (Å²) in [7, 11) is 0. The Hall–Kier alpha value is -5.23. The third-order valence-corrected chi connectivity index (χ3v) is 6.28. The molecule has 6 heteroatoms. The molecular weight excluding hydrogens is 488 g/mol. The summed E-state index contributed by atoms with van der Waals surface area (Å²) in [5.74, 6) is -1.34. The van der Waals surface area contributed by atoms with Crippen LogP contribution in [0.4, 0.5) is 5.69 Å². The molecule has 2 amide bonds. The molecule has 192 valence electrons. The van der Waals surface area contributed by atoms with Crippen molar-refractivity contribution in [3.63, 3.8) is 0 Å². The number of hydrogen-bond donors (Lipinski definition) is 2. The van der Waals surface area contributed by atoms with Gasteiger partial charge in [0.2, 0.25) is 0 Å². The number of nitrogens with one attached hydrogen (secondary N) is 2. The average molecular weight is 515 g/mol. The van der Waals surface area contributed by atoms with Gasteiger partial charge in [-0.05, 0) is 82.6 Å². The first kappa shape index (κ1) is 25.4. The first-order valence-corrected chi connectivity index (χ1v) is 12.6. The summed E-state index contributed by atoms with van der Waals surface area (Å²) in [6.45, 7) is 2.01. The number of fused-ring (bicyclic) bond motifs is 2. The summed E-state index contributed by atoms with van der Waals surface area (Å²) in [4.78, 5) is 38.7. The van der Waals surface area contributed by atoms with Gasteiger partial charge >= 0.3 is 5.97 Å². The van der Waals surface area contributed by atoms with Gasteiger partial charge in [-0.3, -0.25) is 9.59 Å². The van der Waals surface area contributed by atoms with Crippen molar-refractivity contribution in [2.24, 2.45) is 0 Å². The SMILES string of the molecule is CCOC(=O)c1ccc(NC(=O)/C(=C\c2c3ccccc3cc3ccccc23)NC(=O)c2ccccc2)cc1. The molecule has 0 bridgehead atoms. The minimum absolute atomic E-state index is 0.0832. The van der Waals surface area contributed by atoms with E-state index in [0.29, 0.717) is 16.8 Å². The van der Waals surface area contributed by atoms with Crippen molar-refractivity contribution >= 4 is 51.1 Å². The molecule has 0 aliphatic carbocycles. The second-order valence-corrected chi connectivity index (χ2v) is 8.86. The van der Waals surface area contributed by atoms with E-state index in [0.717, 1.165) is 27.1 Å². The molecule has 0 unspecified atom stereocenters. The summed E-state index contributed by atoms with van der Waals surface area (Å²) in [6, 6.07) is 33.1. The Bertz CT molecular complexity index is 1650. The van der Waals surface area contributed by atoms with Crippen LogP contribution in [0, 0.1) is 0 Å². The Labute approximate surface area is 225 Å². The first-order chi connectivity index (χ1) is 19.0. The quantitative estimate of drug-likeness (QED) is 0.146. The minimum atomic E-state index is -0.500. The monoisotopic (exact) mass is 514 g/mol. The maximum absolute atomic E-state index is 13.6. The smallest absolute Gasteiger partial charge is 0.338 e. The molecular formula is C33H26N2O4. The number of carbonyl (C=O) groups excluding carboxylic acids is 3. The van der Waals surface area contributed by atoms with Gasteiger partial charge in [0.1, 0.15) is 5.70 Å². The number of hydrogen-bond acceptors (Lipinski definition) is 4. The van der Waals surface area contributed by atoms with Gasteiger partial charge in [0.15, 0.2) is 0 Å². The van der Waals surface area contributed by atoms with Crippen LogP contribution in [0.2, 0.25) is 0 Å². The topological polar surface area (TPSA) is 84.5 Å². The lowest BCUT2D eigenvalue weighted by Crippen LogP contribution is -2.30. The van der Waals surface area contributed by atoms with Crippen LogP contribution >= 0.6 is 0 Å². The normalized spacial score (nSPS) is 11.3. The summed E-state index contributed by atoms with van der Waals surface area (Å²) < 4.78 is 5.03. The predicted octanol–water partition coefficient (Wildman–Crippen LogP) is 6.58. The first-order valence-electron chi connectivity index (χ1n) is 12.6. The number of ether oxygens (including phenoxy) is 1. The molecule has 5 rings (SSSR count). The number of anilines is 1. The highest BCUT2D eigenvalue weighted by atomic mass is 16.5. The van der Waals surface area contributed by atoms with E-state index in [2.05, 4.69) is 16.7 Å². The fourth-order valence-electron chi connectivity index (χ4n) is 4.39. The Morgan fingerprint density at radius 2 is 1.31 bits per heavy atom. The maximum Gasteiger partial charge on any atom is 0.338 e.